The smallest absolute Gasteiger partial charge is 0.326 e. The fourth-order valence-corrected chi connectivity index (χ4v) is 6.57. The first-order chi connectivity index (χ1) is 20.2. The normalized spacial score (nSPS) is 11.5. The molecule has 1 aromatic heterocycles. The quantitative estimate of drug-likeness (QED) is 0.112. The van der Waals surface area contributed by atoms with Gasteiger partial charge in [0.25, 0.3) is 10.0 Å². The molecule has 8 nitrogen and oxygen atoms in total. The van der Waals surface area contributed by atoms with Gasteiger partial charge >= 0.3 is 5.97 Å². The summed E-state index contributed by atoms with van der Waals surface area (Å²) < 4.78 is 39.5. The van der Waals surface area contributed by atoms with E-state index in [1.165, 1.54) is 18.2 Å². The first-order valence-electron chi connectivity index (χ1n) is 13.3. The molecule has 0 radical (unpaired) electrons. The van der Waals surface area contributed by atoms with E-state index in [1.807, 2.05) is 55.5 Å². The molecule has 0 aliphatic heterocycles. The first-order valence-corrected chi connectivity index (χ1v) is 15.5. The maximum Gasteiger partial charge on any atom is 0.326 e. The van der Waals surface area contributed by atoms with Crippen molar-refractivity contribution < 1.29 is 22.5 Å². The number of carbonyl (C=O) groups is 1. The standard InChI is InChI=1S/C31H27Cl2N3O5S/c1-2-3-14-40-30(37)20-36(42(38,39)26-18-23(32)17-24(33)19-26)25-12-13-27-22(16-25)10-7-11-28(27)31-34-29(41-35-31)15-21-8-5-4-6-9-21/h4-13,16-19H,2-3,14-15,20H2,1H3. The summed E-state index contributed by atoms with van der Waals surface area (Å²) in [5.41, 5.74) is 2.03. The molecule has 0 spiro atoms. The zero-order chi connectivity index (χ0) is 29.7. The van der Waals surface area contributed by atoms with Gasteiger partial charge in [-0.05, 0) is 53.1 Å². The summed E-state index contributed by atoms with van der Waals surface area (Å²) >= 11 is 12.2. The second-order valence-corrected chi connectivity index (χ2v) is 12.3. The Balaban J connectivity index is 1.51. The average molecular weight is 625 g/mol. The maximum absolute atomic E-state index is 13.8. The fraction of sp³-hybridized carbons (Fsp3) is 0.194. The molecule has 1 heterocycles. The highest BCUT2D eigenvalue weighted by Gasteiger charge is 2.29. The number of fused-ring (bicyclic) bond motifs is 1. The molecule has 4 aromatic carbocycles. The zero-order valence-electron chi connectivity index (χ0n) is 22.7. The molecule has 0 atom stereocenters. The third-order valence-electron chi connectivity index (χ3n) is 6.52. The number of sulfonamides is 1. The van der Waals surface area contributed by atoms with E-state index >= 15 is 0 Å². The van der Waals surface area contributed by atoms with Crippen molar-refractivity contribution in [3.8, 4) is 11.4 Å². The van der Waals surface area contributed by atoms with Crippen molar-refractivity contribution in [2.75, 3.05) is 17.5 Å². The topological polar surface area (TPSA) is 103 Å². The number of hydrogen-bond acceptors (Lipinski definition) is 7. The number of unbranched alkanes of at least 4 members (excludes halogenated alkanes) is 1. The maximum atomic E-state index is 13.8. The second kappa shape index (κ2) is 12.9. The Morgan fingerprint density at radius 1 is 0.952 bits per heavy atom. The molecule has 0 N–H and O–H groups in total. The highest BCUT2D eigenvalue weighted by atomic mass is 35.5. The SMILES string of the molecule is CCCCOC(=O)CN(c1ccc2c(-c3noc(Cc4ccccc4)n3)cccc2c1)S(=O)(=O)c1cc(Cl)cc(Cl)c1. The lowest BCUT2D eigenvalue weighted by molar-refractivity contribution is -0.141. The fourth-order valence-electron chi connectivity index (χ4n) is 4.44. The first kappa shape index (κ1) is 29.6. The molecular formula is C31H27Cl2N3O5S. The van der Waals surface area contributed by atoms with Gasteiger partial charge in [-0.15, -0.1) is 0 Å². The Morgan fingerprint density at radius 2 is 1.71 bits per heavy atom. The summed E-state index contributed by atoms with van der Waals surface area (Å²) in [6.07, 6.45) is 2.00. The molecule has 0 aliphatic rings. The largest absolute Gasteiger partial charge is 0.464 e. The predicted molar refractivity (Wildman–Crippen MR) is 163 cm³/mol. The van der Waals surface area contributed by atoms with E-state index in [0.29, 0.717) is 29.9 Å². The minimum Gasteiger partial charge on any atom is -0.464 e. The number of carbonyl (C=O) groups excluding carboxylic acids is 1. The summed E-state index contributed by atoms with van der Waals surface area (Å²) in [5, 5.41) is 5.98. The third-order valence-corrected chi connectivity index (χ3v) is 8.70. The van der Waals surface area contributed by atoms with E-state index in [9.17, 15) is 13.2 Å². The van der Waals surface area contributed by atoms with Gasteiger partial charge < -0.3 is 9.26 Å². The molecule has 11 heteroatoms. The number of anilines is 1. The van der Waals surface area contributed by atoms with Crippen LogP contribution in [0.3, 0.4) is 0 Å². The van der Waals surface area contributed by atoms with Gasteiger partial charge in [-0.25, -0.2) is 8.42 Å². The number of hydrogen-bond donors (Lipinski definition) is 0. The summed E-state index contributed by atoms with van der Waals surface area (Å²) in [6, 6.07) is 24.4. The van der Waals surface area contributed by atoms with Gasteiger partial charge in [-0.1, -0.05) is 96.3 Å². The van der Waals surface area contributed by atoms with Crippen LogP contribution in [0, 0.1) is 0 Å². The molecule has 0 aliphatic carbocycles. The molecule has 0 saturated carbocycles. The number of ether oxygens (including phenoxy) is 1. The van der Waals surface area contributed by atoms with Crippen LogP contribution in [0.5, 0.6) is 0 Å². The Kier molecular flexibility index (Phi) is 9.11. The lowest BCUT2D eigenvalue weighted by Gasteiger charge is -2.24. The Bertz CT molecular complexity index is 1810. The summed E-state index contributed by atoms with van der Waals surface area (Å²) in [7, 11) is -4.26. The molecule has 216 valence electrons. The van der Waals surface area contributed by atoms with Gasteiger partial charge in [-0.2, -0.15) is 4.98 Å². The molecule has 0 saturated heterocycles. The monoisotopic (exact) mass is 623 g/mol. The van der Waals surface area contributed by atoms with Crippen LogP contribution in [0.1, 0.15) is 31.2 Å². The van der Waals surface area contributed by atoms with Crippen molar-refractivity contribution >= 4 is 55.7 Å². The average Bonchev–Trinajstić information content (AvgIpc) is 3.43. The number of esters is 1. The molecule has 0 unspecified atom stereocenters. The van der Waals surface area contributed by atoms with Crippen LogP contribution in [0.2, 0.25) is 10.0 Å². The Morgan fingerprint density at radius 3 is 2.45 bits per heavy atom. The van der Waals surface area contributed by atoms with Crippen LogP contribution in [0.25, 0.3) is 22.2 Å². The van der Waals surface area contributed by atoms with Crippen molar-refractivity contribution in [3.05, 3.63) is 106 Å². The van der Waals surface area contributed by atoms with Crippen LogP contribution in [0.4, 0.5) is 5.69 Å². The summed E-state index contributed by atoms with van der Waals surface area (Å²) in [6.45, 7) is 1.63. The van der Waals surface area contributed by atoms with Gasteiger partial charge in [0.2, 0.25) is 11.7 Å². The van der Waals surface area contributed by atoms with Gasteiger partial charge in [0.1, 0.15) is 6.54 Å². The lowest BCUT2D eigenvalue weighted by atomic mass is 10.0. The van der Waals surface area contributed by atoms with E-state index in [-0.39, 0.29) is 27.2 Å². The Labute approximate surface area is 253 Å². The second-order valence-electron chi connectivity index (χ2n) is 9.58. The molecule has 5 aromatic rings. The van der Waals surface area contributed by atoms with Crippen LogP contribution in [-0.4, -0.2) is 37.7 Å². The number of nitrogens with zero attached hydrogens (tertiary/aromatic N) is 3. The van der Waals surface area contributed by atoms with Crippen molar-refractivity contribution in [3.63, 3.8) is 0 Å². The molecule has 42 heavy (non-hydrogen) atoms. The third kappa shape index (κ3) is 6.75. The Hall–Kier alpha value is -3.92. The molecular weight excluding hydrogens is 597 g/mol. The number of benzene rings is 4. The molecule has 0 amide bonds. The van der Waals surface area contributed by atoms with E-state index in [4.69, 9.17) is 32.5 Å². The van der Waals surface area contributed by atoms with Crippen LogP contribution < -0.4 is 4.31 Å². The van der Waals surface area contributed by atoms with E-state index < -0.39 is 22.5 Å². The highest BCUT2D eigenvalue weighted by molar-refractivity contribution is 7.92. The summed E-state index contributed by atoms with van der Waals surface area (Å²) in [4.78, 5) is 17.2. The van der Waals surface area contributed by atoms with Gasteiger partial charge in [-0.3, -0.25) is 9.10 Å². The minimum absolute atomic E-state index is 0.145. The number of halogens is 2. The lowest BCUT2D eigenvalue weighted by Crippen LogP contribution is -2.36. The predicted octanol–water partition coefficient (Wildman–Crippen LogP) is 7.33. The van der Waals surface area contributed by atoms with Crippen molar-refractivity contribution in [1.82, 2.24) is 10.1 Å². The molecule has 0 bridgehead atoms. The van der Waals surface area contributed by atoms with Gasteiger partial charge in [0, 0.05) is 15.6 Å². The minimum atomic E-state index is -4.26. The molecule has 5 rings (SSSR count). The van der Waals surface area contributed by atoms with Crippen molar-refractivity contribution in [1.29, 1.82) is 0 Å². The highest BCUT2D eigenvalue weighted by Crippen LogP contribution is 2.33. The van der Waals surface area contributed by atoms with E-state index in [0.717, 1.165) is 27.2 Å². The van der Waals surface area contributed by atoms with Crippen molar-refractivity contribution in [2.45, 2.75) is 31.1 Å². The van der Waals surface area contributed by atoms with E-state index in [2.05, 4.69) is 10.1 Å². The summed E-state index contributed by atoms with van der Waals surface area (Å²) in [5.74, 6) is 0.215. The van der Waals surface area contributed by atoms with Crippen LogP contribution in [0.15, 0.2) is 94.3 Å². The van der Waals surface area contributed by atoms with Gasteiger partial charge in [0.15, 0.2) is 0 Å². The number of aromatic nitrogens is 2. The molecule has 0 fully saturated rings. The van der Waals surface area contributed by atoms with Crippen LogP contribution >= 0.6 is 23.2 Å². The zero-order valence-corrected chi connectivity index (χ0v) is 25.0. The number of rotatable bonds is 11. The van der Waals surface area contributed by atoms with Gasteiger partial charge in [0.05, 0.1) is 23.6 Å². The van der Waals surface area contributed by atoms with Crippen LogP contribution in [-0.2, 0) is 26.0 Å². The van der Waals surface area contributed by atoms with E-state index in [1.54, 1.807) is 18.2 Å². The van der Waals surface area contributed by atoms with Crippen molar-refractivity contribution in [2.24, 2.45) is 0 Å².